The smallest absolute Gasteiger partial charge is 0.178 e. The third-order valence-corrected chi connectivity index (χ3v) is 4.74. The number of rotatable bonds is 3. The molecule has 0 spiro atoms. The number of benzene rings is 2. The highest BCUT2D eigenvalue weighted by atomic mass is 32.1. The van der Waals surface area contributed by atoms with Crippen LogP contribution in [0.4, 0.5) is 15.8 Å². The number of anilines is 2. The number of hydrogen-bond acceptors (Lipinski definition) is 3. The van der Waals surface area contributed by atoms with Crippen LogP contribution in [0.5, 0.6) is 11.5 Å². The molecule has 3 rings (SSSR count). The van der Waals surface area contributed by atoms with Crippen LogP contribution >= 0.6 is 12.2 Å². The van der Waals surface area contributed by atoms with Crippen molar-refractivity contribution in [1.29, 1.82) is 0 Å². The van der Waals surface area contributed by atoms with Crippen molar-refractivity contribution in [2.45, 2.75) is 25.8 Å². The van der Waals surface area contributed by atoms with Gasteiger partial charge in [-0.25, -0.2) is 4.39 Å². The number of halogens is 1. The molecule has 2 aromatic carbocycles. The fourth-order valence-corrected chi connectivity index (χ4v) is 3.50. The summed E-state index contributed by atoms with van der Waals surface area (Å²) in [5.41, 5.74) is 2.68. The van der Waals surface area contributed by atoms with Gasteiger partial charge in [-0.2, -0.15) is 0 Å². The number of thiocarbonyl (C=S) groups is 1. The number of aryl methyl sites for hydroxylation is 1. The number of fused-ring (bicyclic) bond motifs is 1. The molecule has 0 saturated heterocycles. The molecule has 0 aromatic heterocycles. The molecule has 132 valence electrons. The van der Waals surface area contributed by atoms with Crippen LogP contribution in [-0.2, 0) is 6.42 Å². The largest absolute Gasteiger partial charge is 0.497 e. The SMILES string of the molecule is COc1ccc(NC(=S)N2c3ccc(F)cc3CCC2C)c(OC)c1. The molecule has 1 atom stereocenters. The van der Waals surface area contributed by atoms with E-state index >= 15 is 0 Å². The maximum Gasteiger partial charge on any atom is 0.178 e. The zero-order valence-electron chi connectivity index (χ0n) is 14.5. The van der Waals surface area contributed by atoms with E-state index in [1.165, 1.54) is 6.07 Å². The summed E-state index contributed by atoms with van der Waals surface area (Å²) in [5, 5.41) is 3.81. The van der Waals surface area contributed by atoms with Crippen LogP contribution in [0.25, 0.3) is 0 Å². The number of methoxy groups -OCH3 is 2. The highest BCUT2D eigenvalue weighted by molar-refractivity contribution is 7.80. The summed E-state index contributed by atoms with van der Waals surface area (Å²) in [5.74, 6) is 1.13. The molecule has 1 aliphatic heterocycles. The lowest BCUT2D eigenvalue weighted by Crippen LogP contribution is -2.44. The molecule has 0 aliphatic carbocycles. The first-order valence-corrected chi connectivity index (χ1v) is 8.55. The van der Waals surface area contributed by atoms with Gasteiger partial charge in [0.2, 0.25) is 0 Å². The average molecular weight is 360 g/mol. The van der Waals surface area contributed by atoms with Gasteiger partial charge in [0.15, 0.2) is 5.11 Å². The van der Waals surface area contributed by atoms with Gasteiger partial charge in [0.1, 0.15) is 17.3 Å². The van der Waals surface area contributed by atoms with E-state index in [1.807, 2.05) is 17.0 Å². The van der Waals surface area contributed by atoms with Crippen molar-refractivity contribution < 1.29 is 13.9 Å². The van der Waals surface area contributed by atoms with Gasteiger partial charge in [0.25, 0.3) is 0 Å². The molecule has 1 N–H and O–H groups in total. The van der Waals surface area contributed by atoms with Crippen LogP contribution in [0.3, 0.4) is 0 Å². The van der Waals surface area contributed by atoms with Crippen molar-refractivity contribution in [1.82, 2.24) is 0 Å². The van der Waals surface area contributed by atoms with E-state index in [-0.39, 0.29) is 11.9 Å². The van der Waals surface area contributed by atoms with Crippen molar-refractivity contribution in [3.05, 3.63) is 47.8 Å². The van der Waals surface area contributed by atoms with Gasteiger partial charge < -0.3 is 19.7 Å². The Balaban J connectivity index is 1.89. The van der Waals surface area contributed by atoms with Crippen molar-refractivity contribution >= 4 is 28.7 Å². The van der Waals surface area contributed by atoms with Gasteiger partial charge in [-0.3, -0.25) is 0 Å². The normalized spacial score (nSPS) is 16.2. The van der Waals surface area contributed by atoms with Crippen molar-refractivity contribution in [2.24, 2.45) is 0 Å². The topological polar surface area (TPSA) is 33.7 Å². The Morgan fingerprint density at radius 2 is 2.00 bits per heavy atom. The summed E-state index contributed by atoms with van der Waals surface area (Å²) >= 11 is 5.65. The molecule has 4 nitrogen and oxygen atoms in total. The molecule has 0 bridgehead atoms. The van der Waals surface area contributed by atoms with Gasteiger partial charge in [-0.1, -0.05) is 0 Å². The fourth-order valence-electron chi connectivity index (χ4n) is 3.11. The van der Waals surface area contributed by atoms with Crippen LogP contribution < -0.4 is 19.7 Å². The highest BCUT2D eigenvalue weighted by Crippen LogP contribution is 2.34. The van der Waals surface area contributed by atoms with E-state index in [0.29, 0.717) is 16.6 Å². The number of nitrogens with one attached hydrogen (secondary N) is 1. The molecule has 1 aliphatic rings. The first-order chi connectivity index (χ1) is 12.0. The van der Waals surface area contributed by atoms with Crippen LogP contribution in [0.15, 0.2) is 36.4 Å². The predicted molar refractivity (Wildman–Crippen MR) is 102 cm³/mol. The molecule has 1 heterocycles. The second-order valence-corrected chi connectivity index (χ2v) is 6.41. The minimum Gasteiger partial charge on any atom is -0.497 e. The average Bonchev–Trinajstić information content (AvgIpc) is 2.62. The molecule has 25 heavy (non-hydrogen) atoms. The zero-order valence-corrected chi connectivity index (χ0v) is 15.3. The lowest BCUT2D eigenvalue weighted by Gasteiger charge is -2.37. The Labute approximate surface area is 152 Å². The molecule has 0 fully saturated rings. The molecule has 2 aromatic rings. The quantitative estimate of drug-likeness (QED) is 0.822. The highest BCUT2D eigenvalue weighted by Gasteiger charge is 2.27. The Kier molecular flexibility index (Phi) is 5.08. The summed E-state index contributed by atoms with van der Waals surface area (Å²) in [6.45, 7) is 2.12. The summed E-state index contributed by atoms with van der Waals surface area (Å²) in [6.07, 6.45) is 1.76. The third kappa shape index (κ3) is 3.54. The molecule has 0 amide bonds. The van der Waals surface area contributed by atoms with E-state index < -0.39 is 0 Å². The first-order valence-electron chi connectivity index (χ1n) is 8.14. The third-order valence-electron chi connectivity index (χ3n) is 4.44. The van der Waals surface area contributed by atoms with E-state index in [1.54, 1.807) is 32.4 Å². The van der Waals surface area contributed by atoms with E-state index in [4.69, 9.17) is 21.7 Å². The zero-order chi connectivity index (χ0) is 18.0. The van der Waals surface area contributed by atoms with Gasteiger partial charge in [0.05, 0.1) is 19.9 Å². The van der Waals surface area contributed by atoms with Crippen LogP contribution in [0, 0.1) is 5.82 Å². The predicted octanol–water partition coefficient (Wildman–Crippen LogP) is 4.38. The minimum atomic E-state index is -0.219. The number of nitrogens with zero attached hydrogens (tertiary/aromatic N) is 1. The number of ether oxygens (including phenoxy) is 2. The Bertz CT molecular complexity index is 797. The van der Waals surface area contributed by atoms with Crippen molar-refractivity contribution in [3.8, 4) is 11.5 Å². The monoisotopic (exact) mass is 360 g/mol. The van der Waals surface area contributed by atoms with E-state index in [2.05, 4.69) is 12.2 Å². The molecule has 0 saturated carbocycles. The fraction of sp³-hybridized carbons (Fsp3) is 0.316. The van der Waals surface area contributed by atoms with Gasteiger partial charge in [0, 0.05) is 17.8 Å². The van der Waals surface area contributed by atoms with Gasteiger partial charge in [-0.05, 0) is 67.9 Å². The lowest BCUT2D eigenvalue weighted by molar-refractivity contribution is 0.395. The Hall–Kier alpha value is -2.34. The second-order valence-electron chi connectivity index (χ2n) is 6.03. The molecule has 1 unspecified atom stereocenters. The molecular weight excluding hydrogens is 339 g/mol. The van der Waals surface area contributed by atoms with Crippen molar-refractivity contribution in [2.75, 3.05) is 24.4 Å². The Morgan fingerprint density at radius 1 is 1.20 bits per heavy atom. The number of hydrogen-bond donors (Lipinski definition) is 1. The van der Waals surface area contributed by atoms with Crippen LogP contribution in [-0.4, -0.2) is 25.4 Å². The summed E-state index contributed by atoms with van der Waals surface area (Å²) < 4.78 is 24.2. The molecular formula is C19H21FN2O2S. The Morgan fingerprint density at radius 3 is 2.72 bits per heavy atom. The summed E-state index contributed by atoms with van der Waals surface area (Å²) in [4.78, 5) is 2.04. The van der Waals surface area contributed by atoms with Crippen LogP contribution in [0.2, 0.25) is 0 Å². The maximum atomic E-state index is 13.5. The minimum absolute atomic E-state index is 0.219. The second kappa shape index (κ2) is 7.27. The van der Waals surface area contributed by atoms with Crippen LogP contribution in [0.1, 0.15) is 18.9 Å². The summed E-state index contributed by atoms with van der Waals surface area (Å²) in [7, 11) is 3.21. The maximum absolute atomic E-state index is 13.5. The van der Waals surface area contributed by atoms with Gasteiger partial charge in [-0.15, -0.1) is 0 Å². The lowest BCUT2D eigenvalue weighted by atomic mass is 9.97. The molecule has 0 radical (unpaired) electrons. The van der Waals surface area contributed by atoms with E-state index in [0.717, 1.165) is 29.8 Å². The van der Waals surface area contributed by atoms with E-state index in [9.17, 15) is 4.39 Å². The van der Waals surface area contributed by atoms with Gasteiger partial charge >= 0.3 is 0 Å². The first kappa shape index (κ1) is 17.5. The molecule has 6 heteroatoms. The summed E-state index contributed by atoms with van der Waals surface area (Å²) in [6, 6.07) is 10.6. The standard InChI is InChI=1S/C19H21FN2O2S/c1-12-4-5-13-10-14(20)6-9-17(13)22(12)19(25)21-16-8-7-15(23-2)11-18(16)24-3/h6-12H,4-5H2,1-3H3,(H,21,25). The van der Waals surface area contributed by atoms with Crippen molar-refractivity contribution in [3.63, 3.8) is 0 Å².